The van der Waals surface area contributed by atoms with Crippen molar-refractivity contribution in [2.75, 3.05) is 12.5 Å². The molecule has 0 bridgehead atoms. The van der Waals surface area contributed by atoms with Crippen molar-refractivity contribution in [1.29, 1.82) is 0 Å². The fraction of sp³-hybridized carbons (Fsp3) is 0.0455. The van der Waals surface area contributed by atoms with Gasteiger partial charge in [-0.05, 0) is 60.2 Å². The number of methoxy groups -OCH3 is 1. The van der Waals surface area contributed by atoms with E-state index >= 15 is 0 Å². The number of halogens is 1. The standard InChI is InChI=1S/C22H17FN2O5/c1-29-20-12-14(13-24-25-16-9-7-15(8-10-16)21(26)27)6-11-19(20)30-22(28)17-4-2-3-5-18(17)23/h2-13,25H,1H3,(H,26,27)/b24-13+. The number of anilines is 1. The molecule has 0 spiro atoms. The number of ether oxygens (including phenoxy) is 2. The van der Waals surface area contributed by atoms with Crippen molar-refractivity contribution in [3.8, 4) is 11.5 Å². The zero-order chi connectivity index (χ0) is 21.5. The van der Waals surface area contributed by atoms with Crippen LogP contribution in [-0.2, 0) is 0 Å². The van der Waals surface area contributed by atoms with Crippen molar-refractivity contribution >= 4 is 23.8 Å². The summed E-state index contributed by atoms with van der Waals surface area (Å²) in [5.41, 5.74) is 4.03. The zero-order valence-corrected chi connectivity index (χ0v) is 15.8. The van der Waals surface area contributed by atoms with Crippen molar-refractivity contribution in [2.45, 2.75) is 0 Å². The normalized spacial score (nSPS) is 10.6. The number of hydrazone groups is 1. The van der Waals surface area contributed by atoms with Crippen molar-refractivity contribution in [3.05, 3.63) is 89.2 Å². The molecular formula is C22H17FN2O5. The summed E-state index contributed by atoms with van der Waals surface area (Å²) in [5, 5.41) is 13.0. The number of carboxylic acids is 1. The van der Waals surface area contributed by atoms with Crippen LogP contribution in [0.1, 0.15) is 26.3 Å². The van der Waals surface area contributed by atoms with Crippen molar-refractivity contribution in [1.82, 2.24) is 0 Å². The maximum atomic E-state index is 13.7. The van der Waals surface area contributed by atoms with Crippen LogP contribution in [0.3, 0.4) is 0 Å². The number of carbonyl (C=O) groups excluding carboxylic acids is 1. The van der Waals surface area contributed by atoms with E-state index in [0.717, 1.165) is 0 Å². The molecule has 7 nitrogen and oxygen atoms in total. The van der Waals surface area contributed by atoms with E-state index < -0.39 is 17.8 Å². The van der Waals surface area contributed by atoms with E-state index in [1.165, 1.54) is 49.7 Å². The monoisotopic (exact) mass is 408 g/mol. The second-order valence-electron chi connectivity index (χ2n) is 6.03. The Morgan fingerprint density at radius 1 is 1.03 bits per heavy atom. The van der Waals surface area contributed by atoms with Crippen molar-refractivity contribution in [3.63, 3.8) is 0 Å². The minimum atomic E-state index is -1.01. The number of aromatic carboxylic acids is 1. The predicted octanol–water partition coefficient (Wildman–Crippen LogP) is 4.20. The fourth-order valence-corrected chi connectivity index (χ4v) is 2.50. The molecule has 3 rings (SSSR count). The maximum Gasteiger partial charge on any atom is 0.346 e. The average molecular weight is 408 g/mol. The Kier molecular flexibility index (Phi) is 6.39. The molecule has 0 aliphatic rings. The molecule has 3 aromatic rings. The van der Waals surface area contributed by atoms with Gasteiger partial charge in [-0.15, -0.1) is 0 Å². The molecule has 0 aromatic heterocycles. The van der Waals surface area contributed by atoms with E-state index in [4.69, 9.17) is 14.6 Å². The van der Waals surface area contributed by atoms with Crippen LogP contribution in [0.15, 0.2) is 71.8 Å². The molecule has 0 saturated heterocycles. The summed E-state index contributed by atoms with van der Waals surface area (Å²) in [5.74, 6) is -2.10. The van der Waals surface area contributed by atoms with Gasteiger partial charge in [-0.25, -0.2) is 14.0 Å². The van der Waals surface area contributed by atoms with Crippen LogP contribution in [0.2, 0.25) is 0 Å². The molecule has 0 heterocycles. The largest absolute Gasteiger partial charge is 0.493 e. The summed E-state index contributed by atoms with van der Waals surface area (Å²) in [6.45, 7) is 0. The van der Waals surface area contributed by atoms with Gasteiger partial charge in [0.1, 0.15) is 5.82 Å². The molecule has 152 valence electrons. The third-order valence-electron chi connectivity index (χ3n) is 4.02. The Balaban J connectivity index is 1.69. The molecular weight excluding hydrogens is 391 g/mol. The second kappa shape index (κ2) is 9.33. The van der Waals surface area contributed by atoms with E-state index in [1.54, 1.807) is 30.3 Å². The molecule has 0 radical (unpaired) electrons. The number of benzene rings is 3. The highest BCUT2D eigenvalue weighted by Crippen LogP contribution is 2.28. The first-order valence-corrected chi connectivity index (χ1v) is 8.75. The molecule has 8 heteroatoms. The average Bonchev–Trinajstić information content (AvgIpc) is 2.75. The van der Waals surface area contributed by atoms with Crippen molar-refractivity contribution < 1.29 is 28.6 Å². The zero-order valence-electron chi connectivity index (χ0n) is 15.8. The van der Waals surface area contributed by atoms with Crippen LogP contribution in [0, 0.1) is 5.82 Å². The number of nitrogens with one attached hydrogen (secondary N) is 1. The highest BCUT2D eigenvalue weighted by atomic mass is 19.1. The molecule has 0 atom stereocenters. The topological polar surface area (TPSA) is 97.2 Å². The van der Waals surface area contributed by atoms with Crippen LogP contribution in [0.25, 0.3) is 0 Å². The van der Waals surface area contributed by atoms with Crippen LogP contribution >= 0.6 is 0 Å². The molecule has 0 saturated carbocycles. The van der Waals surface area contributed by atoms with Gasteiger partial charge in [0.05, 0.1) is 30.1 Å². The highest BCUT2D eigenvalue weighted by Gasteiger charge is 2.16. The summed E-state index contributed by atoms with van der Waals surface area (Å²) >= 11 is 0. The maximum absolute atomic E-state index is 13.7. The summed E-state index contributed by atoms with van der Waals surface area (Å²) in [6, 6.07) is 16.4. The predicted molar refractivity (Wildman–Crippen MR) is 109 cm³/mol. The van der Waals surface area contributed by atoms with Crippen LogP contribution < -0.4 is 14.9 Å². The molecule has 30 heavy (non-hydrogen) atoms. The fourth-order valence-electron chi connectivity index (χ4n) is 2.50. The number of carboxylic acid groups (broad SMARTS) is 1. The van der Waals surface area contributed by atoms with Crippen molar-refractivity contribution in [2.24, 2.45) is 5.10 Å². The number of esters is 1. The third-order valence-corrected chi connectivity index (χ3v) is 4.02. The lowest BCUT2D eigenvalue weighted by atomic mass is 10.2. The van der Waals surface area contributed by atoms with E-state index in [9.17, 15) is 14.0 Å². The van der Waals surface area contributed by atoms with Crippen LogP contribution in [0.4, 0.5) is 10.1 Å². The Morgan fingerprint density at radius 3 is 2.43 bits per heavy atom. The Bertz CT molecular complexity index is 1100. The number of rotatable bonds is 7. The smallest absolute Gasteiger partial charge is 0.346 e. The highest BCUT2D eigenvalue weighted by molar-refractivity contribution is 5.92. The van der Waals surface area contributed by atoms with Gasteiger partial charge >= 0.3 is 11.9 Å². The first kappa shape index (κ1) is 20.5. The molecule has 0 aliphatic carbocycles. The quantitative estimate of drug-likeness (QED) is 0.263. The number of hydrogen-bond donors (Lipinski definition) is 2. The second-order valence-corrected chi connectivity index (χ2v) is 6.03. The lowest BCUT2D eigenvalue weighted by Gasteiger charge is -2.10. The van der Waals surface area contributed by atoms with Crippen LogP contribution in [-0.4, -0.2) is 30.4 Å². The summed E-state index contributed by atoms with van der Waals surface area (Å²) in [4.78, 5) is 23.0. The van der Waals surface area contributed by atoms with Gasteiger partial charge in [0, 0.05) is 0 Å². The van der Waals surface area contributed by atoms with Gasteiger partial charge in [0.15, 0.2) is 11.5 Å². The van der Waals surface area contributed by atoms with Crippen LogP contribution in [0.5, 0.6) is 11.5 Å². The Morgan fingerprint density at radius 2 is 1.77 bits per heavy atom. The SMILES string of the molecule is COc1cc(/C=N/Nc2ccc(C(=O)O)cc2)ccc1OC(=O)c1ccccc1F. The number of nitrogens with zero attached hydrogens (tertiary/aromatic N) is 1. The lowest BCUT2D eigenvalue weighted by molar-refractivity contribution is 0.0693. The van der Waals surface area contributed by atoms with Gasteiger partial charge in [0.2, 0.25) is 0 Å². The van der Waals surface area contributed by atoms with Gasteiger partial charge in [-0.3, -0.25) is 5.43 Å². The Hall–Kier alpha value is -4.20. The third kappa shape index (κ3) is 4.99. The van der Waals surface area contributed by atoms with Gasteiger partial charge in [-0.1, -0.05) is 12.1 Å². The van der Waals surface area contributed by atoms with E-state index in [2.05, 4.69) is 10.5 Å². The minimum absolute atomic E-state index is 0.139. The molecule has 0 fully saturated rings. The summed E-state index contributed by atoms with van der Waals surface area (Å²) in [6.07, 6.45) is 1.51. The van der Waals surface area contributed by atoms with Gasteiger partial charge in [-0.2, -0.15) is 5.10 Å². The first-order valence-electron chi connectivity index (χ1n) is 8.75. The number of hydrogen-bond acceptors (Lipinski definition) is 6. The molecule has 2 N–H and O–H groups in total. The van der Waals surface area contributed by atoms with E-state index in [1.807, 2.05) is 0 Å². The molecule has 0 unspecified atom stereocenters. The minimum Gasteiger partial charge on any atom is -0.493 e. The molecule has 0 amide bonds. The number of carbonyl (C=O) groups is 2. The molecule has 3 aromatic carbocycles. The summed E-state index contributed by atoms with van der Waals surface area (Å²) in [7, 11) is 1.42. The van der Waals surface area contributed by atoms with Gasteiger partial charge in [0.25, 0.3) is 0 Å². The summed E-state index contributed by atoms with van der Waals surface area (Å²) < 4.78 is 24.2. The van der Waals surface area contributed by atoms with Gasteiger partial charge < -0.3 is 14.6 Å². The van der Waals surface area contributed by atoms with E-state index in [0.29, 0.717) is 11.3 Å². The van der Waals surface area contributed by atoms with E-state index in [-0.39, 0.29) is 22.6 Å². The lowest BCUT2D eigenvalue weighted by Crippen LogP contribution is -2.11. The first-order chi connectivity index (χ1) is 14.5. The Labute approximate surface area is 171 Å². The molecule has 0 aliphatic heterocycles.